The Morgan fingerprint density at radius 1 is 1.11 bits per heavy atom. The number of rotatable bonds is 7. The molecule has 0 radical (unpaired) electrons. The predicted molar refractivity (Wildman–Crippen MR) is 80.4 cm³/mol. The van der Waals surface area contributed by atoms with Crippen molar-refractivity contribution in [2.75, 3.05) is 0 Å². The predicted octanol–water partition coefficient (Wildman–Crippen LogP) is 5.34. The zero-order valence-corrected chi connectivity index (χ0v) is 13.2. The highest BCUT2D eigenvalue weighted by atomic mass is 17.2. The van der Waals surface area contributed by atoms with E-state index in [0.29, 0.717) is 11.8 Å². The van der Waals surface area contributed by atoms with Gasteiger partial charge in [0.05, 0.1) is 0 Å². The Balaban J connectivity index is 2.75. The molecule has 0 spiro atoms. The second kappa shape index (κ2) is 6.95. The maximum Gasteiger partial charge on any atom is 0.168 e. The summed E-state index contributed by atoms with van der Waals surface area (Å²) in [5.74, 6) is 1.85. The van der Waals surface area contributed by atoms with Crippen LogP contribution >= 0.6 is 0 Å². The molecule has 1 rings (SSSR count). The fourth-order valence-corrected chi connectivity index (χ4v) is 2.28. The van der Waals surface area contributed by atoms with Crippen LogP contribution in [-0.2, 0) is 4.89 Å². The van der Waals surface area contributed by atoms with Gasteiger partial charge in [-0.3, -0.25) is 0 Å². The smallest absolute Gasteiger partial charge is 0.168 e. The van der Waals surface area contributed by atoms with Gasteiger partial charge in [-0.25, -0.2) is 0 Å². The topological polar surface area (TPSA) is 18.5 Å². The summed E-state index contributed by atoms with van der Waals surface area (Å²) in [6.45, 7) is 13.0. The Labute approximate surface area is 118 Å². The van der Waals surface area contributed by atoms with Crippen molar-refractivity contribution < 1.29 is 9.78 Å². The first-order chi connectivity index (χ1) is 8.88. The van der Waals surface area contributed by atoms with Gasteiger partial charge in [-0.2, -0.15) is 4.89 Å². The molecule has 0 saturated carbocycles. The molecule has 0 aromatic heterocycles. The van der Waals surface area contributed by atoms with E-state index in [1.165, 1.54) is 5.56 Å². The lowest BCUT2D eigenvalue weighted by Gasteiger charge is -2.29. The van der Waals surface area contributed by atoms with Crippen LogP contribution in [0.1, 0.15) is 65.9 Å². The van der Waals surface area contributed by atoms with Crippen molar-refractivity contribution in [1.29, 1.82) is 0 Å². The van der Waals surface area contributed by atoms with Crippen LogP contribution in [0.4, 0.5) is 0 Å². The Bertz CT molecular complexity index is 385. The van der Waals surface area contributed by atoms with E-state index in [2.05, 4.69) is 47.6 Å². The molecule has 1 unspecified atom stereocenters. The van der Waals surface area contributed by atoms with Gasteiger partial charge in [0.2, 0.25) is 0 Å². The molecule has 0 N–H and O–H groups in total. The molecule has 1 atom stereocenters. The highest BCUT2D eigenvalue weighted by molar-refractivity contribution is 5.35. The van der Waals surface area contributed by atoms with Crippen molar-refractivity contribution in [3.8, 4) is 5.75 Å². The van der Waals surface area contributed by atoms with Gasteiger partial charge in [-0.15, -0.1) is 0 Å². The van der Waals surface area contributed by atoms with Crippen LogP contribution < -0.4 is 4.89 Å². The highest BCUT2D eigenvalue weighted by Crippen LogP contribution is 2.30. The van der Waals surface area contributed by atoms with Crippen LogP contribution in [0.25, 0.3) is 0 Å². The third kappa shape index (κ3) is 4.87. The maximum atomic E-state index is 5.77. The van der Waals surface area contributed by atoms with E-state index in [-0.39, 0.29) is 5.60 Å². The summed E-state index contributed by atoms with van der Waals surface area (Å²) in [7, 11) is 0. The number of benzene rings is 1. The van der Waals surface area contributed by atoms with E-state index < -0.39 is 0 Å². The van der Waals surface area contributed by atoms with Gasteiger partial charge < -0.3 is 4.89 Å². The second-order valence-corrected chi connectivity index (χ2v) is 6.26. The molecule has 108 valence electrons. The molecule has 2 heteroatoms. The fourth-order valence-electron chi connectivity index (χ4n) is 2.28. The monoisotopic (exact) mass is 264 g/mol. The van der Waals surface area contributed by atoms with E-state index in [1.807, 2.05) is 18.2 Å². The van der Waals surface area contributed by atoms with Crippen LogP contribution in [0.2, 0.25) is 0 Å². The third-order valence-corrected chi connectivity index (χ3v) is 3.46. The zero-order chi connectivity index (χ0) is 14.5. The summed E-state index contributed by atoms with van der Waals surface area (Å²) in [4.78, 5) is 11.4. The number of hydrogen-bond acceptors (Lipinski definition) is 2. The molecule has 0 aliphatic heterocycles. The van der Waals surface area contributed by atoms with Gasteiger partial charge >= 0.3 is 0 Å². The summed E-state index contributed by atoms with van der Waals surface area (Å²) in [5, 5.41) is 0. The van der Waals surface area contributed by atoms with E-state index in [1.54, 1.807) is 0 Å². The van der Waals surface area contributed by atoms with Gasteiger partial charge in [-0.1, -0.05) is 52.8 Å². The maximum absolute atomic E-state index is 5.77. The first-order valence-electron chi connectivity index (χ1n) is 7.32. The van der Waals surface area contributed by atoms with Crippen molar-refractivity contribution >= 4 is 0 Å². The van der Waals surface area contributed by atoms with Gasteiger partial charge in [0.15, 0.2) is 5.75 Å². The quantitative estimate of drug-likeness (QED) is 0.489. The molecule has 0 bridgehead atoms. The minimum absolute atomic E-state index is 0.224. The summed E-state index contributed by atoms with van der Waals surface area (Å²) >= 11 is 0. The standard InChI is InChI=1S/C17H28O2/c1-7-17(6,12-13(2)3)19-18-16-11-9-8-10-15(16)14(4)5/h8-11,13-14H,7,12H2,1-6H3. The normalized spacial score (nSPS) is 14.7. The van der Waals surface area contributed by atoms with E-state index >= 15 is 0 Å². The van der Waals surface area contributed by atoms with Gasteiger partial charge in [0, 0.05) is 5.56 Å². The van der Waals surface area contributed by atoms with Gasteiger partial charge in [0.1, 0.15) is 5.60 Å². The Kier molecular flexibility index (Phi) is 5.86. The fraction of sp³-hybridized carbons (Fsp3) is 0.647. The van der Waals surface area contributed by atoms with E-state index in [9.17, 15) is 0 Å². The molecular weight excluding hydrogens is 236 g/mol. The molecule has 0 fully saturated rings. The molecular formula is C17H28O2. The molecule has 0 amide bonds. The average Bonchev–Trinajstić information content (AvgIpc) is 2.36. The summed E-state index contributed by atoms with van der Waals surface area (Å²) in [5.41, 5.74) is 0.962. The lowest BCUT2D eigenvalue weighted by atomic mass is 9.92. The zero-order valence-electron chi connectivity index (χ0n) is 13.2. The lowest BCUT2D eigenvalue weighted by Crippen LogP contribution is -2.31. The minimum atomic E-state index is -0.224. The van der Waals surface area contributed by atoms with Crippen LogP contribution in [0.3, 0.4) is 0 Å². The van der Waals surface area contributed by atoms with Crippen molar-refractivity contribution in [2.45, 2.75) is 65.9 Å². The Morgan fingerprint density at radius 2 is 1.74 bits per heavy atom. The molecule has 19 heavy (non-hydrogen) atoms. The minimum Gasteiger partial charge on any atom is -0.337 e. The Hall–Kier alpha value is -1.02. The second-order valence-electron chi connectivity index (χ2n) is 6.26. The van der Waals surface area contributed by atoms with Crippen LogP contribution in [-0.4, -0.2) is 5.60 Å². The molecule has 0 aliphatic rings. The van der Waals surface area contributed by atoms with E-state index in [4.69, 9.17) is 9.78 Å². The molecule has 1 aromatic rings. The summed E-state index contributed by atoms with van der Waals surface area (Å²) < 4.78 is 0. The molecule has 0 saturated heterocycles. The molecule has 0 aliphatic carbocycles. The van der Waals surface area contributed by atoms with Gasteiger partial charge in [0.25, 0.3) is 0 Å². The third-order valence-electron chi connectivity index (χ3n) is 3.46. The summed E-state index contributed by atoms with van der Waals surface area (Å²) in [6, 6.07) is 8.08. The van der Waals surface area contributed by atoms with Crippen molar-refractivity contribution in [3.63, 3.8) is 0 Å². The first kappa shape index (κ1) is 16.0. The summed E-state index contributed by atoms with van der Waals surface area (Å²) in [6.07, 6.45) is 1.93. The van der Waals surface area contributed by atoms with Gasteiger partial charge in [-0.05, 0) is 37.7 Å². The largest absolute Gasteiger partial charge is 0.337 e. The average molecular weight is 264 g/mol. The van der Waals surface area contributed by atoms with Crippen molar-refractivity contribution in [2.24, 2.45) is 5.92 Å². The highest BCUT2D eigenvalue weighted by Gasteiger charge is 2.27. The van der Waals surface area contributed by atoms with Crippen molar-refractivity contribution in [1.82, 2.24) is 0 Å². The van der Waals surface area contributed by atoms with Crippen LogP contribution in [0.5, 0.6) is 5.75 Å². The lowest BCUT2D eigenvalue weighted by molar-refractivity contribution is -0.292. The molecule has 2 nitrogen and oxygen atoms in total. The van der Waals surface area contributed by atoms with Crippen molar-refractivity contribution in [3.05, 3.63) is 29.8 Å². The van der Waals surface area contributed by atoms with Crippen LogP contribution in [0, 0.1) is 5.92 Å². The first-order valence-corrected chi connectivity index (χ1v) is 7.32. The number of para-hydroxylation sites is 1. The van der Waals surface area contributed by atoms with E-state index in [0.717, 1.165) is 18.6 Å². The number of hydrogen-bond donors (Lipinski definition) is 0. The SMILES string of the molecule is CCC(C)(CC(C)C)OOc1ccccc1C(C)C. The molecule has 0 heterocycles. The molecule has 1 aromatic carbocycles. The van der Waals surface area contributed by atoms with Crippen LogP contribution in [0.15, 0.2) is 24.3 Å². The Morgan fingerprint density at radius 3 is 2.26 bits per heavy atom.